The van der Waals surface area contributed by atoms with Crippen LogP contribution in [0, 0.1) is 5.92 Å². The highest BCUT2D eigenvalue weighted by Crippen LogP contribution is 2.29. The highest BCUT2D eigenvalue weighted by molar-refractivity contribution is 5.79. The third-order valence-corrected chi connectivity index (χ3v) is 5.81. The second-order valence-corrected chi connectivity index (χ2v) is 7.32. The van der Waals surface area contributed by atoms with Gasteiger partial charge in [0, 0.05) is 56.0 Å². The summed E-state index contributed by atoms with van der Waals surface area (Å²) in [5.74, 6) is 1.80. The number of hydrogen-bond donors (Lipinski definition) is 0. The van der Waals surface area contributed by atoms with Crippen molar-refractivity contribution in [3.05, 3.63) is 48.2 Å². The number of nitrogens with zero attached hydrogens (tertiary/aromatic N) is 6. The van der Waals surface area contributed by atoms with Crippen LogP contribution < -0.4 is 0 Å². The SMILES string of the molecule is O=C(C1CCn2nccc2C1)N1CCC(c2nnc3ccccn23)CC1. The van der Waals surface area contributed by atoms with Gasteiger partial charge in [-0.05, 0) is 37.5 Å². The quantitative estimate of drug-likeness (QED) is 0.708. The molecule has 5 rings (SSSR count). The number of piperidine rings is 1. The van der Waals surface area contributed by atoms with Gasteiger partial charge in [-0.1, -0.05) is 6.07 Å². The number of hydrogen-bond acceptors (Lipinski definition) is 4. The Hall–Kier alpha value is -2.70. The zero-order chi connectivity index (χ0) is 17.5. The van der Waals surface area contributed by atoms with Gasteiger partial charge in [-0.3, -0.25) is 13.9 Å². The predicted molar refractivity (Wildman–Crippen MR) is 95.6 cm³/mol. The molecule has 7 nitrogen and oxygen atoms in total. The first-order valence-electron chi connectivity index (χ1n) is 9.39. The smallest absolute Gasteiger partial charge is 0.226 e. The average Bonchev–Trinajstić information content (AvgIpc) is 3.34. The van der Waals surface area contributed by atoms with Gasteiger partial charge >= 0.3 is 0 Å². The molecule has 2 aliphatic heterocycles. The summed E-state index contributed by atoms with van der Waals surface area (Å²) >= 11 is 0. The molecule has 0 bridgehead atoms. The molecule has 134 valence electrons. The first-order chi connectivity index (χ1) is 12.8. The Labute approximate surface area is 151 Å². The molecule has 7 heteroatoms. The summed E-state index contributed by atoms with van der Waals surface area (Å²) in [6.45, 7) is 2.46. The molecule has 0 radical (unpaired) electrons. The van der Waals surface area contributed by atoms with E-state index in [4.69, 9.17) is 0 Å². The number of rotatable bonds is 2. The molecular weight excluding hydrogens is 328 g/mol. The monoisotopic (exact) mass is 350 g/mol. The van der Waals surface area contributed by atoms with Crippen LogP contribution >= 0.6 is 0 Å². The van der Waals surface area contributed by atoms with Crippen molar-refractivity contribution in [1.82, 2.24) is 29.3 Å². The number of carbonyl (C=O) groups is 1. The molecule has 1 atom stereocenters. The van der Waals surface area contributed by atoms with Crippen LogP contribution in [0.3, 0.4) is 0 Å². The van der Waals surface area contributed by atoms with Crippen molar-refractivity contribution in [2.24, 2.45) is 5.92 Å². The maximum Gasteiger partial charge on any atom is 0.226 e. The lowest BCUT2D eigenvalue weighted by Gasteiger charge is -2.34. The fraction of sp³-hybridized carbons (Fsp3) is 0.474. The molecule has 1 saturated heterocycles. The van der Waals surface area contributed by atoms with Crippen molar-refractivity contribution in [1.29, 1.82) is 0 Å². The summed E-state index contributed by atoms with van der Waals surface area (Å²) in [4.78, 5) is 15.0. The van der Waals surface area contributed by atoms with Crippen molar-refractivity contribution >= 4 is 11.6 Å². The summed E-state index contributed by atoms with van der Waals surface area (Å²) in [6.07, 6.45) is 7.46. The van der Waals surface area contributed by atoms with Gasteiger partial charge in [-0.25, -0.2) is 0 Å². The van der Waals surface area contributed by atoms with E-state index in [0.29, 0.717) is 11.8 Å². The molecule has 0 saturated carbocycles. The Kier molecular flexibility index (Phi) is 3.72. The van der Waals surface area contributed by atoms with E-state index in [-0.39, 0.29) is 5.92 Å². The minimum Gasteiger partial charge on any atom is -0.342 e. The van der Waals surface area contributed by atoms with Gasteiger partial charge in [-0.15, -0.1) is 10.2 Å². The molecule has 0 N–H and O–H groups in total. The number of aryl methyl sites for hydroxylation is 1. The molecule has 1 fully saturated rings. The number of carbonyl (C=O) groups excluding carboxylic acids is 1. The van der Waals surface area contributed by atoms with Crippen LogP contribution in [-0.4, -0.2) is 48.3 Å². The summed E-state index contributed by atoms with van der Waals surface area (Å²) in [5, 5.41) is 13.0. The van der Waals surface area contributed by atoms with Gasteiger partial charge in [0.2, 0.25) is 5.91 Å². The van der Waals surface area contributed by atoms with E-state index < -0.39 is 0 Å². The fourth-order valence-corrected chi connectivity index (χ4v) is 4.33. The van der Waals surface area contributed by atoms with Crippen molar-refractivity contribution in [2.75, 3.05) is 13.1 Å². The average molecular weight is 350 g/mol. The predicted octanol–water partition coefficient (Wildman–Crippen LogP) is 1.89. The highest BCUT2D eigenvalue weighted by atomic mass is 16.2. The number of likely N-dealkylation sites (tertiary alicyclic amines) is 1. The summed E-state index contributed by atoms with van der Waals surface area (Å²) in [5.41, 5.74) is 2.07. The lowest BCUT2D eigenvalue weighted by atomic mass is 9.91. The van der Waals surface area contributed by atoms with Crippen LogP contribution in [-0.2, 0) is 17.8 Å². The minimum atomic E-state index is 0.102. The van der Waals surface area contributed by atoms with Gasteiger partial charge in [0.1, 0.15) is 5.82 Å². The molecule has 0 aromatic carbocycles. The number of fused-ring (bicyclic) bond motifs is 2. The van der Waals surface area contributed by atoms with E-state index in [0.717, 1.165) is 56.8 Å². The van der Waals surface area contributed by atoms with Crippen molar-refractivity contribution in [2.45, 2.75) is 38.1 Å². The third-order valence-electron chi connectivity index (χ3n) is 5.81. The van der Waals surface area contributed by atoms with Crippen LogP contribution in [0.4, 0.5) is 0 Å². The lowest BCUT2D eigenvalue weighted by Crippen LogP contribution is -2.43. The van der Waals surface area contributed by atoms with Crippen molar-refractivity contribution < 1.29 is 4.79 Å². The molecule has 26 heavy (non-hydrogen) atoms. The summed E-state index contributed by atoms with van der Waals surface area (Å²) < 4.78 is 4.09. The Morgan fingerprint density at radius 1 is 1.04 bits per heavy atom. The molecule has 0 spiro atoms. The van der Waals surface area contributed by atoms with Crippen LogP contribution in [0.1, 0.15) is 36.7 Å². The maximum absolute atomic E-state index is 13.0. The summed E-state index contributed by atoms with van der Waals surface area (Å²) in [6, 6.07) is 7.99. The minimum absolute atomic E-state index is 0.102. The van der Waals surface area contributed by atoms with Gasteiger partial charge in [0.05, 0.1) is 0 Å². The Morgan fingerprint density at radius 2 is 1.92 bits per heavy atom. The Bertz CT molecular complexity index is 936. The van der Waals surface area contributed by atoms with Crippen LogP contribution in [0.25, 0.3) is 5.65 Å². The highest BCUT2D eigenvalue weighted by Gasteiger charge is 2.32. The van der Waals surface area contributed by atoms with Gasteiger partial charge in [-0.2, -0.15) is 5.10 Å². The van der Waals surface area contributed by atoms with Crippen LogP contribution in [0.2, 0.25) is 0 Å². The van der Waals surface area contributed by atoms with E-state index in [9.17, 15) is 4.79 Å². The van der Waals surface area contributed by atoms with E-state index in [1.54, 1.807) is 0 Å². The molecule has 2 aliphatic rings. The van der Waals surface area contributed by atoms with Crippen LogP contribution in [0.5, 0.6) is 0 Å². The summed E-state index contributed by atoms with van der Waals surface area (Å²) in [7, 11) is 0. The van der Waals surface area contributed by atoms with E-state index >= 15 is 0 Å². The van der Waals surface area contributed by atoms with Crippen molar-refractivity contribution in [3.63, 3.8) is 0 Å². The third kappa shape index (κ3) is 2.58. The fourth-order valence-electron chi connectivity index (χ4n) is 4.33. The largest absolute Gasteiger partial charge is 0.342 e. The number of pyridine rings is 1. The molecular formula is C19H22N6O. The topological polar surface area (TPSA) is 68.3 Å². The molecule has 1 unspecified atom stereocenters. The van der Waals surface area contributed by atoms with Gasteiger partial charge in [0.25, 0.3) is 0 Å². The van der Waals surface area contributed by atoms with Crippen molar-refractivity contribution in [3.8, 4) is 0 Å². The first-order valence-corrected chi connectivity index (χ1v) is 9.39. The zero-order valence-corrected chi connectivity index (χ0v) is 14.7. The van der Waals surface area contributed by atoms with E-state index in [2.05, 4.69) is 24.6 Å². The molecule has 3 aromatic rings. The van der Waals surface area contributed by atoms with Crippen LogP contribution in [0.15, 0.2) is 36.7 Å². The normalized spacial score (nSPS) is 21.1. The van der Waals surface area contributed by atoms with Gasteiger partial charge in [0.15, 0.2) is 5.65 Å². The van der Waals surface area contributed by atoms with E-state index in [1.807, 2.05) is 41.3 Å². The second kappa shape index (κ2) is 6.23. The zero-order valence-electron chi connectivity index (χ0n) is 14.7. The Morgan fingerprint density at radius 3 is 2.81 bits per heavy atom. The molecule has 3 aromatic heterocycles. The molecule has 0 aliphatic carbocycles. The Balaban J connectivity index is 1.25. The van der Waals surface area contributed by atoms with E-state index in [1.165, 1.54) is 5.69 Å². The number of amides is 1. The number of aromatic nitrogens is 5. The lowest BCUT2D eigenvalue weighted by molar-refractivity contribution is -0.137. The molecule has 5 heterocycles. The van der Waals surface area contributed by atoms with Gasteiger partial charge < -0.3 is 4.90 Å². The standard InChI is InChI=1S/C19H22N6O/c26-19(15-7-12-25-16(13-15)4-8-20-25)23-10-5-14(6-11-23)18-22-21-17-3-1-2-9-24(17)18/h1-4,8-9,14-15H,5-7,10-13H2. The maximum atomic E-state index is 13.0. The second-order valence-electron chi connectivity index (χ2n) is 7.32. The first kappa shape index (κ1) is 15.5. The molecule has 1 amide bonds.